The Morgan fingerprint density at radius 1 is 0.848 bits per heavy atom. The van der Waals surface area contributed by atoms with Gasteiger partial charge in [-0.05, 0) is 31.6 Å². The Kier molecular flexibility index (Phi) is 10.2. The third-order valence-corrected chi connectivity index (χ3v) is 5.47. The molecule has 1 aliphatic carbocycles. The number of nitrogens with zero attached hydrogens (tertiary/aromatic N) is 1. The van der Waals surface area contributed by atoms with Crippen LogP contribution in [0.15, 0.2) is 4.99 Å². The molecule has 2 rings (SSSR count). The zero-order valence-electron chi connectivity index (χ0n) is 19.7. The monoisotopic (exact) mass is 471 g/mol. The molecule has 0 spiro atoms. The summed E-state index contributed by atoms with van der Waals surface area (Å²) in [6, 6.07) is -0.990. The highest BCUT2D eigenvalue weighted by Gasteiger charge is 2.51. The number of esters is 4. The van der Waals surface area contributed by atoms with E-state index in [4.69, 9.17) is 28.4 Å². The van der Waals surface area contributed by atoms with Gasteiger partial charge in [0.15, 0.2) is 18.2 Å². The summed E-state index contributed by atoms with van der Waals surface area (Å²) in [5.74, 6) is -2.37. The summed E-state index contributed by atoms with van der Waals surface area (Å²) in [5, 5.41) is 0. The highest BCUT2D eigenvalue weighted by atomic mass is 16.7. The molecular weight excluding hydrogens is 438 g/mol. The Morgan fingerprint density at radius 3 is 1.94 bits per heavy atom. The predicted molar refractivity (Wildman–Crippen MR) is 113 cm³/mol. The van der Waals surface area contributed by atoms with E-state index in [0.29, 0.717) is 0 Å². The molecule has 0 unspecified atom stereocenters. The van der Waals surface area contributed by atoms with E-state index in [2.05, 4.69) is 4.99 Å². The van der Waals surface area contributed by atoms with E-state index in [9.17, 15) is 19.2 Å². The van der Waals surface area contributed by atoms with E-state index in [1.165, 1.54) is 27.7 Å². The van der Waals surface area contributed by atoms with Crippen LogP contribution in [0.3, 0.4) is 0 Å². The van der Waals surface area contributed by atoms with Gasteiger partial charge in [0.25, 0.3) is 0 Å². The quantitative estimate of drug-likeness (QED) is 0.290. The second-order valence-corrected chi connectivity index (χ2v) is 8.16. The molecule has 11 heteroatoms. The molecule has 2 fully saturated rings. The zero-order chi connectivity index (χ0) is 24.5. The van der Waals surface area contributed by atoms with Crippen molar-refractivity contribution in [3.05, 3.63) is 0 Å². The lowest BCUT2D eigenvalue weighted by Gasteiger charge is -2.43. The molecule has 5 atom stereocenters. The summed E-state index contributed by atoms with van der Waals surface area (Å²) >= 11 is 0. The van der Waals surface area contributed by atoms with Gasteiger partial charge in [-0.1, -0.05) is 0 Å². The van der Waals surface area contributed by atoms with Crippen LogP contribution in [0.4, 0.5) is 0 Å². The van der Waals surface area contributed by atoms with Crippen LogP contribution in [0.1, 0.15) is 53.4 Å². The molecule has 33 heavy (non-hydrogen) atoms. The SMILES string of the molecule is COC1CCC(C=N[C@H]2[C@H](OC(C)=O)O[C@@H](COC(C)=O)[C@@H](OC(C)=O)[C@@H]2OC(C)=O)CC1. The first kappa shape index (κ1) is 26.7. The van der Waals surface area contributed by atoms with Crippen molar-refractivity contribution in [2.75, 3.05) is 13.7 Å². The van der Waals surface area contributed by atoms with Gasteiger partial charge < -0.3 is 28.4 Å². The minimum absolute atomic E-state index is 0.151. The van der Waals surface area contributed by atoms with E-state index < -0.39 is 54.5 Å². The lowest BCUT2D eigenvalue weighted by molar-refractivity contribution is -0.266. The molecule has 0 aromatic rings. The van der Waals surface area contributed by atoms with Crippen molar-refractivity contribution in [1.82, 2.24) is 0 Å². The second kappa shape index (κ2) is 12.6. The molecule has 0 amide bonds. The average Bonchev–Trinajstić information content (AvgIpc) is 2.73. The summed E-state index contributed by atoms with van der Waals surface area (Å²) in [6.07, 6.45) is 0.880. The number of hydrogen-bond donors (Lipinski definition) is 0. The number of aliphatic imine (C=N–C) groups is 1. The second-order valence-electron chi connectivity index (χ2n) is 8.16. The van der Waals surface area contributed by atoms with Crippen LogP contribution in [0.2, 0.25) is 0 Å². The van der Waals surface area contributed by atoms with Gasteiger partial charge in [-0.3, -0.25) is 24.2 Å². The lowest BCUT2D eigenvalue weighted by atomic mass is 9.88. The van der Waals surface area contributed by atoms with E-state index in [1.807, 2.05) is 0 Å². The van der Waals surface area contributed by atoms with Gasteiger partial charge in [-0.2, -0.15) is 0 Å². The smallest absolute Gasteiger partial charge is 0.305 e. The number of methoxy groups -OCH3 is 1. The molecule has 0 aromatic heterocycles. The molecular formula is C22H33NO10. The Hall–Kier alpha value is -2.53. The van der Waals surface area contributed by atoms with Crippen molar-refractivity contribution in [2.24, 2.45) is 10.9 Å². The predicted octanol–water partition coefficient (Wildman–Crippen LogP) is 1.35. The lowest BCUT2D eigenvalue weighted by Crippen LogP contribution is -2.61. The maximum absolute atomic E-state index is 11.9. The van der Waals surface area contributed by atoms with Crippen LogP contribution < -0.4 is 0 Å². The van der Waals surface area contributed by atoms with Gasteiger partial charge in [-0.25, -0.2) is 0 Å². The first-order chi connectivity index (χ1) is 15.6. The Morgan fingerprint density at radius 2 is 1.42 bits per heavy atom. The van der Waals surface area contributed by atoms with Crippen LogP contribution in [-0.2, 0) is 47.6 Å². The Bertz CT molecular complexity index is 731. The Labute approximate surface area is 193 Å². The number of carbonyl (C=O) groups excluding carboxylic acids is 4. The van der Waals surface area contributed by atoms with Crippen LogP contribution in [0.5, 0.6) is 0 Å². The Balaban J connectivity index is 2.34. The van der Waals surface area contributed by atoms with Crippen molar-refractivity contribution >= 4 is 30.1 Å². The summed E-state index contributed by atoms with van der Waals surface area (Å²) in [4.78, 5) is 51.3. The van der Waals surface area contributed by atoms with E-state index in [-0.39, 0.29) is 18.6 Å². The van der Waals surface area contributed by atoms with Gasteiger partial charge in [0.05, 0.1) is 6.10 Å². The molecule has 2 aliphatic rings. The number of hydrogen-bond acceptors (Lipinski definition) is 11. The molecule has 11 nitrogen and oxygen atoms in total. The van der Waals surface area contributed by atoms with Crippen LogP contribution in [0.25, 0.3) is 0 Å². The van der Waals surface area contributed by atoms with Gasteiger partial charge in [0, 0.05) is 41.0 Å². The third-order valence-electron chi connectivity index (χ3n) is 5.47. The van der Waals surface area contributed by atoms with Crippen molar-refractivity contribution in [3.8, 4) is 0 Å². The number of carbonyl (C=O) groups is 4. The zero-order valence-corrected chi connectivity index (χ0v) is 19.7. The summed E-state index contributed by atoms with van der Waals surface area (Å²) < 4.78 is 32.4. The van der Waals surface area contributed by atoms with Crippen molar-refractivity contribution in [1.29, 1.82) is 0 Å². The number of ether oxygens (including phenoxy) is 6. The molecule has 0 bridgehead atoms. The summed E-state index contributed by atoms with van der Waals surface area (Å²) in [6.45, 7) is 4.51. The first-order valence-corrected chi connectivity index (χ1v) is 11.0. The summed E-state index contributed by atoms with van der Waals surface area (Å²) in [7, 11) is 1.69. The first-order valence-electron chi connectivity index (χ1n) is 11.0. The molecule has 1 aliphatic heterocycles. The van der Waals surface area contributed by atoms with Crippen molar-refractivity contribution < 1.29 is 47.6 Å². The molecule has 0 N–H and O–H groups in total. The molecule has 1 heterocycles. The molecule has 1 saturated carbocycles. The minimum atomic E-state index is -1.24. The molecule has 1 saturated heterocycles. The maximum Gasteiger partial charge on any atom is 0.305 e. The fourth-order valence-electron chi connectivity index (χ4n) is 4.00. The standard InChI is InChI=1S/C22H33NO10/c1-12(24)29-11-18-20(30-13(2)25)21(31-14(3)26)19(22(33-18)32-15(4)27)23-10-16-6-8-17(28-5)9-7-16/h10,16-22H,6-9,11H2,1-5H3/t16?,17?,18-,19+,20+,21+,22+/m0/s1. The van der Waals surface area contributed by atoms with E-state index >= 15 is 0 Å². The molecule has 186 valence electrons. The van der Waals surface area contributed by atoms with Crippen molar-refractivity contribution in [3.63, 3.8) is 0 Å². The fraction of sp³-hybridized carbons (Fsp3) is 0.773. The van der Waals surface area contributed by atoms with Gasteiger partial charge in [-0.15, -0.1) is 0 Å². The van der Waals surface area contributed by atoms with Gasteiger partial charge >= 0.3 is 23.9 Å². The van der Waals surface area contributed by atoms with Crippen LogP contribution in [-0.4, -0.2) is 80.6 Å². The van der Waals surface area contributed by atoms with E-state index in [0.717, 1.165) is 25.7 Å². The van der Waals surface area contributed by atoms with E-state index in [1.54, 1.807) is 13.3 Å². The molecule has 0 radical (unpaired) electrons. The fourth-order valence-corrected chi connectivity index (χ4v) is 4.00. The highest BCUT2D eigenvalue weighted by molar-refractivity contribution is 5.68. The van der Waals surface area contributed by atoms with Crippen LogP contribution >= 0.6 is 0 Å². The number of rotatable bonds is 8. The highest BCUT2D eigenvalue weighted by Crippen LogP contribution is 2.31. The third kappa shape index (κ3) is 8.39. The topological polar surface area (TPSA) is 136 Å². The average molecular weight is 472 g/mol. The minimum Gasteiger partial charge on any atom is -0.463 e. The van der Waals surface area contributed by atoms with Gasteiger partial charge in [0.1, 0.15) is 12.7 Å². The maximum atomic E-state index is 11.9. The van der Waals surface area contributed by atoms with Crippen LogP contribution in [0, 0.1) is 5.92 Å². The van der Waals surface area contributed by atoms with Gasteiger partial charge in [0.2, 0.25) is 6.29 Å². The summed E-state index contributed by atoms with van der Waals surface area (Å²) in [5.41, 5.74) is 0. The van der Waals surface area contributed by atoms with Crippen molar-refractivity contribution in [2.45, 2.75) is 90.1 Å². The normalized spacial score (nSPS) is 32.1. The largest absolute Gasteiger partial charge is 0.463 e. The molecule has 0 aromatic carbocycles.